The van der Waals surface area contributed by atoms with Crippen molar-refractivity contribution in [2.24, 2.45) is 0 Å². The Bertz CT molecular complexity index is 464. The largest absolute Gasteiger partial charge is 0.0577 e. The number of hydrogen-bond donors (Lipinski definition) is 0. The van der Waals surface area contributed by atoms with Crippen LogP contribution in [0, 0.1) is 7.14 Å². The van der Waals surface area contributed by atoms with Crippen molar-refractivity contribution < 1.29 is 0 Å². The van der Waals surface area contributed by atoms with Gasteiger partial charge in [-0.25, -0.2) is 0 Å². The van der Waals surface area contributed by atoms with E-state index in [-0.39, 0.29) is 0 Å². The molecule has 0 nitrogen and oxygen atoms in total. The summed E-state index contributed by atoms with van der Waals surface area (Å²) < 4.78 is 2.63. The lowest BCUT2D eigenvalue weighted by Gasteiger charge is -2.02. The van der Waals surface area contributed by atoms with Crippen LogP contribution in [-0.2, 0) is 0 Å². The fourth-order valence-corrected chi connectivity index (χ4v) is 3.07. The minimum atomic E-state index is 0.743. The zero-order valence-electron chi connectivity index (χ0n) is 9.24. The molecule has 17 heavy (non-hydrogen) atoms. The normalized spacial score (nSPS) is 22.5. The van der Waals surface area contributed by atoms with E-state index in [4.69, 9.17) is 0 Å². The highest BCUT2D eigenvalue weighted by atomic mass is 127. The van der Waals surface area contributed by atoms with Crippen LogP contribution < -0.4 is 0 Å². The first kappa shape index (κ1) is 12.0. The van der Waals surface area contributed by atoms with Crippen molar-refractivity contribution in [3.63, 3.8) is 0 Å². The van der Waals surface area contributed by atoms with E-state index in [9.17, 15) is 0 Å². The third-order valence-electron chi connectivity index (χ3n) is 3.39. The van der Waals surface area contributed by atoms with Gasteiger partial charge in [0, 0.05) is 7.14 Å². The molecule has 3 rings (SSSR count). The first-order chi connectivity index (χ1) is 8.24. The van der Waals surface area contributed by atoms with Gasteiger partial charge in [0.1, 0.15) is 0 Å². The first-order valence-electron chi connectivity index (χ1n) is 5.75. The molecule has 1 fully saturated rings. The van der Waals surface area contributed by atoms with Gasteiger partial charge in [0.15, 0.2) is 0 Å². The van der Waals surface area contributed by atoms with Crippen molar-refractivity contribution in [1.82, 2.24) is 0 Å². The summed E-state index contributed by atoms with van der Waals surface area (Å²) in [5.74, 6) is 1.49. The summed E-state index contributed by atoms with van der Waals surface area (Å²) >= 11 is 4.72. The minimum Gasteiger partial charge on any atom is -0.0577 e. The van der Waals surface area contributed by atoms with Crippen molar-refractivity contribution >= 4 is 45.2 Å². The van der Waals surface area contributed by atoms with E-state index in [0.717, 1.165) is 11.8 Å². The van der Waals surface area contributed by atoms with E-state index in [1.54, 1.807) is 0 Å². The van der Waals surface area contributed by atoms with Crippen LogP contribution in [0.3, 0.4) is 0 Å². The van der Waals surface area contributed by atoms with Gasteiger partial charge in [-0.15, -0.1) is 0 Å². The number of benzene rings is 2. The van der Waals surface area contributed by atoms with E-state index in [1.807, 2.05) is 0 Å². The third-order valence-corrected chi connectivity index (χ3v) is 4.83. The molecule has 0 radical (unpaired) electrons. The predicted molar refractivity (Wildman–Crippen MR) is 88.4 cm³/mol. The molecular formula is C15H12I2. The molecule has 2 heteroatoms. The SMILES string of the molecule is Ic1ccc(C2CC2c2ccc(I)cc2)cc1. The highest BCUT2D eigenvalue weighted by Gasteiger charge is 2.39. The Morgan fingerprint density at radius 3 is 1.35 bits per heavy atom. The van der Waals surface area contributed by atoms with Crippen LogP contribution in [-0.4, -0.2) is 0 Å². The maximum absolute atomic E-state index is 2.36. The second-order valence-corrected chi connectivity index (χ2v) is 7.04. The summed E-state index contributed by atoms with van der Waals surface area (Å²) in [5.41, 5.74) is 2.99. The van der Waals surface area contributed by atoms with Crippen molar-refractivity contribution in [1.29, 1.82) is 0 Å². The molecule has 0 heterocycles. The Labute approximate surface area is 129 Å². The summed E-state index contributed by atoms with van der Waals surface area (Å²) in [7, 11) is 0. The second kappa shape index (κ2) is 4.88. The molecule has 0 spiro atoms. The van der Waals surface area contributed by atoms with E-state index in [1.165, 1.54) is 24.7 Å². The molecule has 0 bridgehead atoms. The second-order valence-electron chi connectivity index (χ2n) is 4.55. The number of halogens is 2. The third kappa shape index (κ3) is 2.67. The predicted octanol–water partition coefficient (Wildman–Crippen LogP) is 5.17. The zero-order chi connectivity index (χ0) is 11.8. The summed E-state index contributed by atoms with van der Waals surface area (Å²) in [6, 6.07) is 17.9. The van der Waals surface area contributed by atoms with Gasteiger partial charge in [0.05, 0.1) is 0 Å². The molecular weight excluding hydrogens is 434 g/mol. The summed E-state index contributed by atoms with van der Waals surface area (Å²) in [6.07, 6.45) is 1.31. The Balaban J connectivity index is 1.78. The smallest absolute Gasteiger partial charge is 0.0130 e. The average Bonchev–Trinajstić information content (AvgIpc) is 3.11. The van der Waals surface area contributed by atoms with Crippen LogP contribution in [0.25, 0.3) is 0 Å². The molecule has 2 aromatic rings. The monoisotopic (exact) mass is 446 g/mol. The molecule has 0 saturated heterocycles. The van der Waals surface area contributed by atoms with Gasteiger partial charge in [-0.2, -0.15) is 0 Å². The molecule has 2 aromatic carbocycles. The molecule has 86 valence electrons. The molecule has 1 aliphatic carbocycles. The topological polar surface area (TPSA) is 0 Å². The molecule has 1 aliphatic rings. The zero-order valence-corrected chi connectivity index (χ0v) is 13.6. The lowest BCUT2D eigenvalue weighted by atomic mass is 10.0. The van der Waals surface area contributed by atoms with Gasteiger partial charge < -0.3 is 0 Å². The van der Waals surface area contributed by atoms with Gasteiger partial charge in [0.25, 0.3) is 0 Å². The van der Waals surface area contributed by atoms with Crippen molar-refractivity contribution in [2.45, 2.75) is 18.3 Å². The number of rotatable bonds is 2. The van der Waals surface area contributed by atoms with Crippen molar-refractivity contribution in [3.05, 3.63) is 66.8 Å². The summed E-state index contributed by atoms with van der Waals surface area (Å²) in [6.45, 7) is 0. The van der Waals surface area contributed by atoms with Crippen molar-refractivity contribution in [2.75, 3.05) is 0 Å². The van der Waals surface area contributed by atoms with Crippen molar-refractivity contribution in [3.8, 4) is 0 Å². The van der Waals surface area contributed by atoms with Gasteiger partial charge >= 0.3 is 0 Å². The van der Waals surface area contributed by atoms with E-state index in [2.05, 4.69) is 93.7 Å². The van der Waals surface area contributed by atoms with Crippen LogP contribution in [0.1, 0.15) is 29.4 Å². The fraction of sp³-hybridized carbons (Fsp3) is 0.200. The molecule has 0 amide bonds. The standard InChI is InChI=1S/C15H12I2/c16-12-5-1-10(2-6-12)14-9-15(14)11-3-7-13(17)8-4-11/h1-8,14-15H,9H2. The highest BCUT2D eigenvalue weighted by molar-refractivity contribution is 14.1. The Kier molecular flexibility index (Phi) is 3.43. The summed E-state index contributed by atoms with van der Waals surface area (Å²) in [5, 5.41) is 0. The fourth-order valence-electron chi connectivity index (χ4n) is 2.35. The van der Waals surface area contributed by atoms with Crippen LogP contribution in [0.2, 0.25) is 0 Å². The van der Waals surface area contributed by atoms with Crippen LogP contribution in [0.4, 0.5) is 0 Å². The minimum absolute atomic E-state index is 0.743. The number of hydrogen-bond acceptors (Lipinski definition) is 0. The lowest BCUT2D eigenvalue weighted by Crippen LogP contribution is -1.85. The highest BCUT2D eigenvalue weighted by Crippen LogP contribution is 2.54. The molecule has 2 atom stereocenters. The summed E-state index contributed by atoms with van der Waals surface area (Å²) in [4.78, 5) is 0. The Morgan fingerprint density at radius 1 is 0.647 bits per heavy atom. The van der Waals surface area contributed by atoms with E-state index in [0.29, 0.717) is 0 Å². The quantitative estimate of drug-likeness (QED) is 0.559. The Morgan fingerprint density at radius 2 is 1.00 bits per heavy atom. The average molecular weight is 446 g/mol. The van der Waals surface area contributed by atoms with Crippen LogP contribution >= 0.6 is 45.2 Å². The van der Waals surface area contributed by atoms with E-state index >= 15 is 0 Å². The van der Waals surface area contributed by atoms with Gasteiger partial charge in [-0.05, 0) is 98.8 Å². The molecule has 0 aromatic heterocycles. The van der Waals surface area contributed by atoms with Crippen LogP contribution in [0.15, 0.2) is 48.5 Å². The maximum atomic E-state index is 2.36. The molecule has 1 saturated carbocycles. The Hall–Kier alpha value is -0.100. The van der Waals surface area contributed by atoms with Gasteiger partial charge in [0.2, 0.25) is 0 Å². The lowest BCUT2D eigenvalue weighted by molar-refractivity contribution is 1.02. The van der Waals surface area contributed by atoms with Gasteiger partial charge in [-0.3, -0.25) is 0 Å². The first-order valence-corrected chi connectivity index (χ1v) is 7.91. The molecule has 0 aliphatic heterocycles. The van der Waals surface area contributed by atoms with Gasteiger partial charge in [-0.1, -0.05) is 24.3 Å². The molecule has 0 N–H and O–H groups in total. The van der Waals surface area contributed by atoms with Crippen LogP contribution in [0.5, 0.6) is 0 Å². The van der Waals surface area contributed by atoms with E-state index < -0.39 is 0 Å². The molecule has 2 unspecified atom stereocenters. The maximum Gasteiger partial charge on any atom is 0.0130 e.